The van der Waals surface area contributed by atoms with Gasteiger partial charge in [0.2, 0.25) is 0 Å². The van der Waals surface area contributed by atoms with E-state index in [1.54, 1.807) is 0 Å². The molecule has 18 heavy (non-hydrogen) atoms. The van der Waals surface area contributed by atoms with Crippen LogP contribution < -0.4 is 5.32 Å². The van der Waals surface area contributed by atoms with Gasteiger partial charge in [-0.15, -0.1) is 0 Å². The second-order valence-corrected chi connectivity index (χ2v) is 4.98. The van der Waals surface area contributed by atoms with E-state index in [4.69, 9.17) is 0 Å². The first-order valence-electron chi connectivity index (χ1n) is 6.34. The van der Waals surface area contributed by atoms with Crippen LogP contribution in [0.5, 0.6) is 0 Å². The van der Waals surface area contributed by atoms with E-state index in [9.17, 15) is 0 Å². The maximum Gasteiger partial charge on any atom is 0.123 e. The molecule has 0 aliphatic heterocycles. The van der Waals surface area contributed by atoms with E-state index in [0.29, 0.717) is 5.92 Å². The molecule has 1 N–H and O–H groups in total. The number of imidazole rings is 1. The summed E-state index contributed by atoms with van der Waals surface area (Å²) >= 11 is 0. The first kappa shape index (κ1) is 12.8. The fourth-order valence-corrected chi connectivity index (χ4v) is 1.85. The molecule has 0 fully saturated rings. The fraction of sp³-hybridized carbons (Fsp3) is 0.538. The summed E-state index contributed by atoms with van der Waals surface area (Å²) in [7, 11) is 1.93. The number of nitrogens with zero attached hydrogens (tertiary/aromatic N) is 4. The molecular weight excluding hydrogens is 226 g/mol. The number of hydrogen-bond donors (Lipinski definition) is 1. The number of aryl methyl sites for hydroxylation is 1. The Morgan fingerprint density at radius 3 is 2.83 bits per heavy atom. The number of aromatic nitrogens is 4. The molecule has 0 atom stereocenters. The summed E-state index contributed by atoms with van der Waals surface area (Å²) in [5.41, 5.74) is 1.06. The highest BCUT2D eigenvalue weighted by Gasteiger charge is 2.05. The van der Waals surface area contributed by atoms with Gasteiger partial charge in [0.25, 0.3) is 0 Å². The van der Waals surface area contributed by atoms with Crippen molar-refractivity contribution < 1.29 is 0 Å². The molecule has 5 heteroatoms. The lowest BCUT2D eigenvalue weighted by atomic mass is 10.2. The maximum absolute atomic E-state index is 4.38. The molecular formula is C13H21N5. The van der Waals surface area contributed by atoms with Gasteiger partial charge in [0.1, 0.15) is 5.82 Å². The van der Waals surface area contributed by atoms with Gasteiger partial charge in [-0.05, 0) is 18.5 Å². The van der Waals surface area contributed by atoms with E-state index in [2.05, 4.69) is 33.8 Å². The first-order valence-corrected chi connectivity index (χ1v) is 6.34. The van der Waals surface area contributed by atoms with Gasteiger partial charge in [-0.25, -0.2) is 4.98 Å². The Balaban J connectivity index is 1.95. The van der Waals surface area contributed by atoms with Crippen LogP contribution in [0.25, 0.3) is 0 Å². The van der Waals surface area contributed by atoms with Gasteiger partial charge in [0, 0.05) is 25.6 Å². The number of nitrogens with one attached hydrogen (secondary N) is 1. The van der Waals surface area contributed by atoms with E-state index < -0.39 is 0 Å². The van der Waals surface area contributed by atoms with Crippen molar-refractivity contribution in [3.63, 3.8) is 0 Å². The monoisotopic (exact) mass is 247 g/mol. The zero-order chi connectivity index (χ0) is 13.0. The molecule has 0 aliphatic carbocycles. The Bertz CT molecular complexity index is 483. The molecule has 0 saturated heterocycles. The second-order valence-electron chi connectivity index (χ2n) is 4.98. The van der Waals surface area contributed by atoms with Crippen LogP contribution in [0.1, 0.15) is 25.4 Å². The molecule has 0 saturated carbocycles. The standard InChI is InChI=1S/C13H21N5/c1-11(2)8-14-9-13-15-5-7-18(13)10-12-4-6-17(3)16-12/h4-7,11,14H,8-10H2,1-3H3. The maximum atomic E-state index is 4.38. The fourth-order valence-electron chi connectivity index (χ4n) is 1.85. The van der Waals surface area contributed by atoms with Crippen LogP contribution in [-0.2, 0) is 20.1 Å². The molecule has 0 aliphatic rings. The third-order valence-corrected chi connectivity index (χ3v) is 2.74. The molecule has 0 unspecified atom stereocenters. The van der Waals surface area contributed by atoms with Crippen molar-refractivity contribution in [2.24, 2.45) is 13.0 Å². The Hall–Kier alpha value is -1.62. The molecule has 0 radical (unpaired) electrons. The Labute approximate surface area is 108 Å². The van der Waals surface area contributed by atoms with Gasteiger partial charge in [-0.3, -0.25) is 4.68 Å². The molecule has 2 aromatic rings. The van der Waals surface area contributed by atoms with Gasteiger partial charge in [-0.1, -0.05) is 13.8 Å². The van der Waals surface area contributed by atoms with Crippen molar-refractivity contribution in [2.45, 2.75) is 26.9 Å². The Kier molecular flexibility index (Phi) is 4.15. The van der Waals surface area contributed by atoms with Crippen molar-refractivity contribution in [2.75, 3.05) is 6.54 Å². The summed E-state index contributed by atoms with van der Waals surface area (Å²) in [4.78, 5) is 4.38. The Morgan fingerprint density at radius 2 is 2.17 bits per heavy atom. The van der Waals surface area contributed by atoms with E-state index >= 15 is 0 Å². The van der Waals surface area contributed by atoms with Crippen LogP contribution in [0.15, 0.2) is 24.7 Å². The van der Waals surface area contributed by atoms with E-state index in [-0.39, 0.29) is 0 Å². The zero-order valence-electron chi connectivity index (χ0n) is 11.3. The van der Waals surface area contributed by atoms with E-state index in [1.807, 2.05) is 36.4 Å². The lowest BCUT2D eigenvalue weighted by molar-refractivity contribution is 0.531. The van der Waals surface area contributed by atoms with E-state index in [0.717, 1.165) is 31.2 Å². The molecule has 2 heterocycles. The van der Waals surface area contributed by atoms with Crippen LogP contribution in [0, 0.1) is 5.92 Å². The molecule has 2 aromatic heterocycles. The average molecular weight is 247 g/mol. The van der Waals surface area contributed by atoms with Crippen LogP contribution in [0.3, 0.4) is 0 Å². The summed E-state index contributed by atoms with van der Waals surface area (Å²) in [5.74, 6) is 1.71. The predicted octanol–water partition coefficient (Wildman–Crippen LogP) is 1.41. The van der Waals surface area contributed by atoms with Gasteiger partial charge in [-0.2, -0.15) is 5.10 Å². The quantitative estimate of drug-likeness (QED) is 0.839. The van der Waals surface area contributed by atoms with Crippen molar-refractivity contribution in [1.29, 1.82) is 0 Å². The summed E-state index contributed by atoms with van der Waals surface area (Å²) < 4.78 is 3.96. The van der Waals surface area contributed by atoms with Crippen LogP contribution in [0.2, 0.25) is 0 Å². The predicted molar refractivity (Wildman–Crippen MR) is 71.1 cm³/mol. The van der Waals surface area contributed by atoms with Crippen LogP contribution in [-0.4, -0.2) is 25.9 Å². The topological polar surface area (TPSA) is 47.7 Å². The van der Waals surface area contributed by atoms with Crippen LogP contribution in [0.4, 0.5) is 0 Å². The minimum absolute atomic E-state index is 0.657. The normalized spacial score (nSPS) is 11.3. The highest BCUT2D eigenvalue weighted by atomic mass is 15.3. The minimum atomic E-state index is 0.657. The zero-order valence-corrected chi connectivity index (χ0v) is 11.3. The van der Waals surface area contributed by atoms with Crippen molar-refractivity contribution in [3.05, 3.63) is 36.2 Å². The molecule has 0 aromatic carbocycles. The van der Waals surface area contributed by atoms with Crippen LogP contribution >= 0.6 is 0 Å². The third kappa shape index (κ3) is 3.43. The SMILES string of the molecule is CC(C)CNCc1nccn1Cc1ccn(C)n1. The highest BCUT2D eigenvalue weighted by molar-refractivity contribution is 5.03. The second kappa shape index (κ2) is 5.82. The highest BCUT2D eigenvalue weighted by Crippen LogP contribution is 2.03. The van der Waals surface area contributed by atoms with Crippen molar-refractivity contribution in [1.82, 2.24) is 24.6 Å². The third-order valence-electron chi connectivity index (χ3n) is 2.74. The molecule has 2 rings (SSSR count). The molecule has 0 spiro atoms. The summed E-state index contributed by atoms with van der Waals surface area (Å²) in [6.07, 6.45) is 5.80. The number of hydrogen-bond acceptors (Lipinski definition) is 3. The minimum Gasteiger partial charge on any atom is -0.328 e. The lowest BCUT2D eigenvalue weighted by Crippen LogP contribution is -2.21. The van der Waals surface area contributed by atoms with Gasteiger partial charge < -0.3 is 9.88 Å². The molecule has 98 valence electrons. The van der Waals surface area contributed by atoms with Gasteiger partial charge >= 0.3 is 0 Å². The molecule has 0 amide bonds. The summed E-state index contributed by atoms with van der Waals surface area (Å²) in [5, 5.41) is 7.79. The number of rotatable bonds is 6. The van der Waals surface area contributed by atoms with Gasteiger partial charge in [0.15, 0.2) is 0 Å². The van der Waals surface area contributed by atoms with E-state index in [1.165, 1.54) is 0 Å². The smallest absolute Gasteiger partial charge is 0.123 e. The lowest BCUT2D eigenvalue weighted by Gasteiger charge is -2.09. The average Bonchev–Trinajstić information content (AvgIpc) is 2.89. The first-order chi connectivity index (χ1) is 8.65. The largest absolute Gasteiger partial charge is 0.328 e. The molecule has 0 bridgehead atoms. The Morgan fingerprint density at radius 1 is 1.33 bits per heavy atom. The summed E-state index contributed by atoms with van der Waals surface area (Å²) in [6.45, 7) is 6.99. The van der Waals surface area contributed by atoms with Gasteiger partial charge in [0.05, 0.1) is 18.8 Å². The van der Waals surface area contributed by atoms with Crippen molar-refractivity contribution in [3.8, 4) is 0 Å². The summed E-state index contributed by atoms with van der Waals surface area (Å²) in [6, 6.07) is 2.03. The molecule has 5 nitrogen and oxygen atoms in total. The van der Waals surface area contributed by atoms with Crippen molar-refractivity contribution >= 4 is 0 Å².